The summed E-state index contributed by atoms with van der Waals surface area (Å²) in [5.41, 5.74) is 3.07. The maximum atomic E-state index is 11.7. The molecule has 0 spiro atoms. The summed E-state index contributed by atoms with van der Waals surface area (Å²) >= 11 is 0. The number of fused-ring (bicyclic) bond motifs is 1. The number of ether oxygens (including phenoxy) is 2. The van der Waals surface area contributed by atoms with Gasteiger partial charge in [-0.3, -0.25) is 4.79 Å². The lowest BCUT2D eigenvalue weighted by atomic mass is 9.88. The van der Waals surface area contributed by atoms with E-state index < -0.39 is 0 Å². The molecule has 0 N–H and O–H groups in total. The zero-order chi connectivity index (χ0) is 14.9. The summed E-state index contributed by atoms with van der Waals surface area (Å²) in [6.07, 6.45) is 2.17. The highest BCUT2D eigenvalue weighted by Crippen LogP contribution is 2.40. The van der Waals surface area contributed by atoms with Crippen molar-refractivity contribution in [2.45, 2.75) is 26.3 Å². The first-order chi connectivity index (χ1) is 9.39. The van der Waals surface area contributed by atoms with Crippen molar-refractivity contribution in [1.29, 1.82) is 0 Å². The van der Waals surface area contributed by atoms with Crippen LogP contribution < -0.4 is 9.64 Å². The molecule has 0 saturated carbocycles. The first-order valence-electron chi connectivity index (χ1n) is 6.61. The fraction of sp³-hybridized carbons (Fsp3) is 0.438. The van der Waals surface area contributed by atoms with Gasteiger partial charge in [0.25, 0.3) is 0 Å². The van der Waals surface area contributed by atoms with Gasteiger partial charge in [0, 0.05) is 17.3 Å². The molecule has 1 aromatic carbocycles. The zero-order valence-corrected chi connectivity index (χ0v) is 12.7. The van der Waals surface area contributed by atoms with Gasteiger partial charge in [-0.15, -0.1) is 0 Å². The van der Waals surface area contributed by atoms with E-state index in [2.05, 4.69) is 26.8 Å². The minimum Gasteiger partial charge on any atom is -0.497 e. The second kappa shape index (κ2) is 5.19. The van der Waals surface area contributed by atoms with Crippen LogP contribution in [0.2, 0.25) is 0 Å². The van der Waals surface area contributed by atoms with Gasteiger partial charge in [0.2, 0.25) is 0 Å². The molecule has 0 atom stereocenters. The van der Waals surface area contributed by atoms with Crippen LogP contribution in [0.15, 0.2) is 24.3 Å². The average Bonchev–Trinajstić information content (AvgIpc) is 2.41. The number of hydrogen-bond acceptors (Lipinski definition) is 4. The van der Waals surface area contributed by atoms with Gasteiger partial charge < -0.3 is 14.4 Å². The van der Waals surface area contributed by atoms with E-state index in [0.717, 1.165) is 17.0 Å². The van der Waals surface area contributed by atoms with Crippen molar-refractivity contribution in [2.75, 3.05) is 25.7 Å². The standard InChI is InChI=1S/C16H21NO3/c1-11-9-16(2,3)17(10-15(18)20-5)14-8-12(19-4)6-7-13(11)14/h6-9H,10H2,1-5H3. The molecule has 0 fully saturated rings. The van der Waals surface area contributed by atoms with E-state index >= 15 is 0 Å². The number of allylic oxidation sites excluding steroid dienone is 1. The van der Waals surface area contributed by atoms with Gasteiger partial charge in [-0.05, 0) is 38.5 Å². The molecule has 0 amide bonds. The van der Waals surface area contributed by atoms with Crippen LogP contribution in [-0.2, 0) is 9.53 Å². The normalized spacial score (nSPS) is 16.2. The Hall–Kier alpha value is -1.97. The highest BCUT2D eigenvalue weighted by atomic mass is 16.5. The third kappa shape index (κ3) is 2.50. The fourth-order valence-electron chi connectivity index (χ4n) is 2.67. The van der Waals surface area contributed by atoms with E-state index in [1.54, 1.807) is 7.11 Å². The number of methoxy groups -OCH3 is 2. The molecular weight excluding hydrogens is 254 g/mol. The number of rotatable bonds is 3. The Kier molecular flexibility index (Phi) is 3.75. The van der Waals surface area contributed by atoms with Crippen LogP contribution >= 0.6 is 0 Å². The van der Waals surface area contributed by atoms with Crippen molar-refractivity contribution in [3.63, 3.8) is 0 Å². The molecular formula is C16H21NO3. The van der Waals surface area contributed by atoms with E-state index in [9.17, 15) is 4.79 Å². The maximum absolute atomic E-state index is 11.7. The van der Waals surface area contributed by atoms with Gasteiger partial charge >= 0.3 is 5.97 Å². The molecule has 1 aliphatic rings. The highest BCUT2D eigenvalue weighted by Gasteiger charge is 2.33. The molecule has 0 aromatic heterocycles. The van der Waals surface area contributed by atoms with Crippen molar-refractivity contribution < 1.29 is 14.3 Å². The first-order valence-corrected chi connectivity index (χ1v) is 6.61. The average molecular weight is 275 g/mol. The van der Waals surface area contributed by atoms with Crippen molar-refractivity contribution in [3.05, 3.63) is 29.8 Å². The number of carbonyl (C=O) groups is 1. The lowest BCUT2D eigenvalue weighted by molar-refractivity contribution is -0.139. The number of hydrogen-bond donors (Lipinski definition) is 0. The van der Waals surface area contributed by atoms with Crippen LogP contribution in [0.25, 0.3) is 5.57 Å². The van der Waals surface area contributed by atoms with Crippen molar-refractivity contribution in [1.82, 2.24) is 0 Å². The summed E-state index contributed by atoms with van der Waals surface area (Å²) < 4.78 is 10.1. The Labute approximate surface area is 120 Å². The monoisotopic (exact) mass is 275 g/mol. The molecule has 4 nitrogen and oxygen atoms in total. The predicted octanol–water partition coefficient (Wildman–Crippen LogP) is 2.87. The summed E-state index contributed by atoms with van der Waals surface area (Å²) in [5, 5.41) is 0. The van der Waals surface area contributed by atoms with E-state index in [0.29, 0.717) is 0 Å². The van der Waals surface area contributed by atoms with Crippen LogP contribution in [0.5, 0.6) is 5.75 Å². The number of carbonyl (C=O) groups excluding carboxylic acids is 1. The molecule has 0 aliphatic carbocycles. The summed E-state index contributed by atoms with van der Waals surface area (Å²) in [4.78, 5) is 13.7. The summed E-state index contributed by atoms with van der Waals surface area (Å²) in [7, 11) is 3.05. The minimum absolute atomic E-state index is 0.216. The highest BCUT2D eigenvalue weighted by molar-refractivity contribution is 5.85. The third-order valence-corrected chi connectivity index (χ3v) is 3.70. The number of benzene rings is 1. The fourth-order valence-corrected chi connectivity index (χ4v) is 2.67. The molecule has 20 heavy (non-hydrogen) atoms. The first kappa shape index (κ1) is 14.4. The van der Waals surface area contributed by atoms with Gasteiger partial charge in [0.1, 0.15) is 12.3 Å². The van der Waals surface area contributed by atoms with E-state index in [1.807, 2.05) is 23.1 Å². The van der Waals surface area contributed by atoms with Crippen LogP contribution in [-0.4, -0.2) is 32.3 Å². The number of esters is 1. The molecule has 1 aromatic rings. The molecule has 0 saturated heterocycles. The molecule has 0 bridgehead atoms. The van der Waals surface area contributed by atoms with E-state index in [1.165, 1.54) is 12.7 Å². The Balaban J connectivity index is 2.53. The molecule has 2 rings (SSSR count). The molecule has 1 heterocycles. The van der Waals surface area contributed by atoms with Crippen molar-refractivity contribution in [2.24, 2.45) is 0 Å². The van der Waals surface area contributed by atoms with Gasteiger partial charge in [0.05, 0.1) is 19.8 Å². The van der Waals surface area contributed by atoms with Crippen molar-refractivity contribution >= 4 is 17.2 Å². The Morgan fingerprint density at radius 1 is 1.30 bits per heavy atom. The van der Waals surface area contributed by atoms with Crippen LogP contribution in [0.1, 0.15) is 26.3 Å². The van der Waals surface area contributed by atoms with E-state index in [4.69, 9.17) is 9.47 Å². The second-order valence-corrected chi connectivity index (χ2v) is 5.53. The van der Waals surface area contributed by atoms with Crippen LogP contribution in [0, 0.1) is 0 Å². The number of nitrogens with zero attached hydrogens (tertiary/aromatic N) is 1. The Morgan fingerprint density at radius 3 is 2.60 bits per heavy atom. The third-order valence-electron chi connectivity index (χ3n) is 3.70. The second-order valence-electron chi connectivity index (χ2n) is 5.53. The summed E-state index contributed by atoms with van der Waals surface area (Å²) in [5.74, 6) is 0.531. The topological polar surface area (TPSA) is 38.8 Å². The minimum atomic E-state index is -0.252. The lowest BCUT2D eigenvalue weighted by Crippen LogP contribution is -2.48. The van der Waals surface area contributed by atoms with Crippen LogP contribution in [0.4, 0.5) is 5.69 Å². The molecule has 1 aliphatic heterocycles. The van der Waals surface area contributed by atoms with Crippen LogP contribution in [0.3, 0.4) is 0 Å². The Bertz CT molecular complexity index is 561. The summed E-state index contributed by atoms with van der Waals surface area (Å²) in [6.45, 7) is 6.47. The summed E-state index contributed by atoms with van der Waals surface area (Å²) in [6, 6.07) is 5.93. The Morgan fingerprint density at radius 2 is 2.00 bits per heavy atom. The quantitative estimate of drug-likeness (QED) is 0.795. The maximum Gasteiger partial charge on any atom is 0.325 e. The van der Waals surface area contributed by atoms with Crippen molar-refractivity contribution in [3.8, 4) is 5.75 Å². The lowest BCUT2D eigenvalue weighted by Gasteiger charge is -2.42. The molecule has 0 unspecified atom stereocenters. The molecule has 4 heteroatoms. The van der Waals surface area contributed by atoms with E-state index in [-0.39, 0.29) is 18.1 Å². The van der Waals surface area contributed by atoms with Gasteiger partial charge in [-0.2, -0.15) is 0 Å². The van der Waals surface area contributed by atoms with Gasteiger partial charge in [0.15, 0.2) is 0 Å². The smallest absolute Gasteiger partial charge is 0.325 e. The SMILES string of the molecule is COC(=O)CN1c2cc(OC)ccc2C(C)=CC1(C)C. The number of anilines is 1. The predicted molar refractivity (Wildman–Crippen MR) is 80.1 cm³/mol. The molecule has 108 valence electrons. The van der Waals surface area contributed by atoms with Gasteiger partial charge in [-0.1, -0.05) is 6.08 Å². The van der Waals surface area contributed by atoms with Gasteiger partial charge in [-0.25, -0.2) is 0 Å². The molecule has 0 radical (unpaired) electrons. The largest absolute Gasteiger partial charge is 0.497 e. The zero-order valence-electron chi connectivity index (χ0n) is 12.7.